The predicted molar refractivity (Wildman–Crippen MR) is 79.3 cm³/mol. The summed E-state index contributed by atoms with van der Waals surface area (Å²) in [6.07, 6.45) is 0.888. The normalized spacial score (nSPS) is 19.4. The SMILES string of the molecule is CCOC(=O)Cc1csc(NC(=O)COC(=O)[C@@H]2C[C@@H]2C)n1. The minimum Gasteiger partial charge on any atom is -0.466 e. The van der Waals surface area contributed by atoms with Crippen molar-refractivity contribution in [1.29, 1.82) is 0 Å². The molecule has 0 spiro atoms. The molecule has 0 aliphatic heterocycles. The molecule has 0 aromatic carbocycles. The number of hydrogen-bond acceptors (Lipinski definition) is 7. The van der Waals surface area contributed by atoms with Crippen molar-refractivity contribution < 1.29 is 23.9 Å². The quantitative estimate of drug-likeness (QED) is 0.761. The van der Waals surface area contributed by atoms with E-state index < -0.39 is 5.91 Å². The standard InChI is InChI=1S/C14H18N2O5S/c1-3-20-12(18)5-9-7-22-14(15-9)16-11(17)6-21-13(19)10-4-8(10)2/h7-8,10H,3-6H2,1-2H3,(H,15,16,17)/t8-,10+/m0/s1. The van der Waals surface area contributed by atoms with Crippen molar-refractivity contribution in [1.82, 2.24) is 4.98 Å². The Kier molecular flexibility index (Phi) is 5.48. The zero-order valence-electron chi connectivity index (χ0n) is 12.5. The van der Waals surface area contributed by atoms with Crippen molar-refractivity contribution in [2.75, 3.05) is 18.5 Å². The molecule has 8 heteroatoms. The lowest BCUT2D eigenvalue weighted by Crippen LogP contribution is -2.21. The lowest BCUT2D eigenvalue weighted by atomic mass is 10.3. The number of carbonyl (C=O) groups is 3. The number of nitrogens with one attached hydrogen (secondary N) is 1. The summed E-state index contributed by atoms with van der Waals surface area (Å²) in [5.74, 6) is -0.856. The highest BCUT2D eigenvalue weighted by atomic mass is 32.1. The van der Waals surface area contributed by atoms with Gasteiger partial charge in [0.25, 0.3) is 5.91 Å². The van der Waals surface area contributed by atoms with Crippen molar-refractivity contribution in [3.8, 4) is 0 Å². The fourth-order valence-corrected chi connectivity index (χ4v) is 2.58. The smallest absolute Gasteiger partial charge is 0.311 e. The van der Waals surface area contributed by atoms with E-state index in [-0.39, 0.29) is 30.9 Å². The minimum atomic E-state index is -0.446. The summed E-state index contributed by atoms with van der Waals surface area (Å²) in [6, 6.07) is 0. The van der Waals surface area contributed by atoms with E-state index in [1.807, 2.05) is 6.92 Å². The maximum absolute atomic E-state index is 11.7. The van der Waals surface area contributed by atoms with E-state index in [0.717, 1.165) is 6.42 Å². The van der Waals surface area contributed by atoms with Crippen molar-refractivity contribution in [3.63, 3.8) is 0 Å². The Hall–Kier alpha value is -1.96. The van der Waals surface area contributed by atoms with Crippen LogP contribution in [0.1, 0.15) is 26.0 Å². The summed E-state index contributed by atoms with van der Waals surface area (Å²) >= 11 is 1.20. The molecule has 2 atom stereocenters. The van der Waals surface area contributed by atoms with Gasteiger partial charge in [-0.2, -0.15) is 0 Å². The number of anilines is 1. The molecule has 7 nitrogen and oxygen atoms in total. The second kappa shape index (κ2) is 7.35. The van der Waals surface area contributed by atoms with Crippen LogP contribution in [0.25, 0.3) is 0 Å². The number of amides is 1. The zero-order chi connectivity index (χ0) is 16.1. The van der Waals surface area contributed by atoms with E-state index in [1.54, 1.807) is 12.3 Å². The third kappa shape index (κ3) is 4.80. The number of carbonyl (C=O) groups excluding carboxylic acids is 3. The van der Waals surface area contributed by atoms with Crippen LogP contribution >= 0.6 is 11.3 Å². The van der Waals surface area contributed by atoms with Gasteiger partial charge >= 0.3 is 11.9 Å². The maximum atomic E-state index is 11.7. The molecule has 1 aromatic rings. The molecular formula is C14H18N2O5S. The molecule has 1 fully saturated rings. The molecule has 120 valence electrons. The number of rotatable bonds is 7. The molecule has 0 bridgehead atoms. The number of esters is 2. The summed E-state index contributed by atoms with van der Waals surface area (Å²) in [7, 11) is 0. The van der Waals surface area contributed by atoms with E-state index in [1.165, 1.54) is 11.3 Å². The Labute approximate surface area is 132 Å². The number of thiazole rings is 1. The van der Waals surface area contributed by atoms with Gasteiger partial charge in [-0.3, -0.25) is 19.7 Å². The van der Waals surface area contributed by atoms with Crippen LogP contribution < -0.4 is 5.32 Å². The highest BCUT2D eigenvalue weighted by molar-refractivity contribution is 7.13. The van der Waals surface area contributed by atoms with Crippen LogP contribution in [0.2, 0.25) is 0 Å². The third-order valence-corrected chi connectivity index (χ3v) is 3.99. The first-order chi connectivity index (χ1) is 10.5. The van der Waals surface area contributed by atoms with E-state index in [9.17, 15) is 14.4 Å². The fourth-order valence-electron chi connectivity index (χ4n) is 1.86. The van der Waals surface area contributed by atoms with Crippen LogP contribution in [0.4, 0.5) is 5.13 Å². The van der Waals surface area contributed by atoms with Gasteiger partial charge in [-0.1, -0.05) is 6.92 Å². The second-order valence-corrected chi connectivity index (χ2v) is 5.96. The molecule has 1 heterocycles. The van der Waals surface area contributed by atoms with Gasteiger partial charge in [0.05, 0.1) is 24.6 Å². The van der Waals surface area contributed by atoms with Crippen molar-refractivity contribution in [3.05, 3.63) is 11.1 Å². The molecular weight excluding hydrogens is 308 g/mol. The lowest BCUT2D eigenvalue weighted by Gasteiger charge is -2.03. The van der Waals surface area contributed by atoms with Crippen LogP contribution in [0.15, 0.2) is 5.38 Å². The molecule has 1 aliphatic rings. The fraction of sp³-hybridized carbons (Fsp3) is 0.571. The van der Waals surface area contributed by atoms with Gasteiger partial charge in [-0.25, -0.2) is 4.98 Å². The molecule has 1 amide bonds. The van der Waals surface area contributed by atoms with Crippen molar-refractivity contribution in [2.24, 2.45) is 11.8 Å². The first kappa shape index (κ1) is 16.4. The summed E-state index contributed by atoms with van der Waals surface area (Å²) < 4.78 is 9.74. The summed E-state index contributed by atoms with van der Waals surface area (Å²) in [5.41, 5.74) is 0.530. The average Bonchev–Trinajstić information content (AvgIpc) is 3.04. The molecule has 1 aliphatic carbocycles. The first-order valence-electron chi connectivity index (χ1n) is 7.06. The molecule has 0 radical (unpaired) electrons. The Morgan fingerprint density at radius 3 is 2.77 bits per heavy atom. The van der Waals surface area contributed by atoms with Gasteiger partial charge in [0.1, 0.15) is 0 Å². The van der Waals surface area contributed by atoms with E-state index in [0.29, 0.717) is 23.4 Å². The lowest BCUT2D eigenvalue weighted by molar-refractivity contribution is -0.148. The first-order valence-corrected chi connectivity index (χ1v) is 7.94. The largest absolute Gasteiger partial charge is 0.466 e. The van der Waals surface area contributed by atoms with Crippen LogP contribution in [0, 0.1) is 11.8 Å². The Morgan fingerprint density at radius 1 is 1.41 bits per heavy atom. The number of ether oxygens (including phenoxy) is 2. The monoisotopic (exact) mass is 326 g/mol. The zero-order valence-corrected chi connectivity index (χ0v) is 13.3. The van der Waals surface area contributed by atoms with E-state index >= 15 is 0 Å². The van der Waals surface area contributed by atoms with Crippen LogP contribution in [0.3, 0.4) is 0 Å². The number of aromatic nitrogens is 1. The maximum Gasteiger partial charge on any atom is 0.311 e. The van der Waals surface area contributed by atoms with Gasteiger partial charge in [-0.15, -0.1) is 11.3 Å². The van der Waals surface area contributed by atoms with Gasteiger partial charge in [0.2, 0.25) is 0 Å². The van der Waals surface area contributed by atoms with Gasteiger partial charge in [-0.05, 0) is 19.3 Å². The molecule has 22 heavy (non-hydrogen) atoms. The summed E-state index contributed by atoms with van der Waals surface area (Å²) in [4.78, 5) is 38.6. The third-order valence-electron chi connectivity index (χ3n) is 3.19. The molecule has 0 unspecified atom stereocenters. The Balaban J connectivity index is 1.73. The minimum absolute atomic E-state index is 0.0643. The van der Waals surface area contributed by atoms with Crippen molar-refractivity contribution >= 4 is 34.3 Å². The topological polar surface area (TPSA) is 94.6 Å². The van der Waals surface area contributed by atoms with Crippen LogP contribution in [-0.2, 0) is 30.3 Å². The molecule has 0 saturated heterocycles. The number of nitrogens with zero attached hydrogens (tertiary/aromatic N) is 1. The van der Waals surface area contributed by atoms with Gasteiger partial charge < -0.3 is 9.47 Å². The highest BCUT2D eigenvalue weighted by Gasteiger charge is 2.40. The van der Waals surface area contributed by atoms with Gasteiger partial charge in [0, 0.05) is 5.38 Å². The Bertz CT molecular complexity index is 571. The van der Waals surface area contributed by atoms with E-state index in [4.69, 9.17) is 9.47 Å². The van der Waals surface area contributed by atoms with Crippen molar-refractivity contribution in [2.45, 2.75) is 26.7 Å². The second-order valence-electron chi connectivity index (χ2n) is 5.10. The van der Waals surface area contributed by atoms with Gasteiger partial charge in [0.15, 0.2) is 11.7 Å². The Morgan fingerprint density at radius 2 is 2.14 bits per heavy atom. The highest BCUT2D eigenvalue weighted by Crippen LogP contribution is 2.38. The molecule has 1 N–H and O–H groups in total. The number of hydrogen-bond donors (Lipinski definition) is 1. The van der Waals surface area contributed by atoms with E-state index in [2.05, 4.69) is 10.3 Å². The molecule has 1 saturated carbocycles. The molecule has 1 aromatic heterocycles. The molecule has 2 rings (SSSR count). The average molecular weight is 326 g/mol. The summed E-state index contributed by atoms with van der Waals surface area (Å²) in [5, 5.41) is 4.56. The van der Waals surface area contributed by atoms with Crippen LogP contribution in [-0.4, -0.2) is 36.0 Å². The summed E-state index contributed by atoms with van der Waals surface area (Å²) in [6.45, 7) is 3.69. The van der Waals surface area contributed by atoms with Crippen LogP contribution in [0.5, 0.6) is 0 Å². The predicted octanol–water partition coefficient (Wildman–Crippen LogP) is 1.39.